The first-order chi connectivity index (χ1) is 14.8. The van der Waals surface area contributed by atoms with E-state index < -0.39 is 0 Å². The molecule has 6 nitrogen and oxygen atoms in total. The third-order valence-corrected chi connectivity index (χ3v) is 7.03. The second-order valence-corrected chi connectivity index (χ2v) is 9.50. The van der Waals surface area contributed by atoms with E-state index in [4.69, 9.17) is 23.2 Å². The van der Waals surface area contributed by atoms with Crippen LogP contribution in [0.4, 0.5) is 0 Å². The van der Waals surface area contributed by atoms with E-state index in [0.29, 0.717) is 38.7 Å². The molecule has 0 N–H and O–H groups in total. The van der Waals surface area contributed by atoms with E-state index in [-0.39, 0.29) is 11.2 Å². The first-order valence-electron chi connectivity index (χ1n) is 10.6. The van der Waals surface area contributed by atoms with E-state index in [1.54, 1.807) is 13.1 Å². The number of hydrogen-bond acceptors (Lipinski definition) is 4. The van der Waals surface area contributed by atoms with Gasteiger partial charge >= 0.3 is 5.69 Å². The van der Waals surface area contributed by atoms with Gasteiger partial charge in [0.05, 0.1) is 0 Å². The molecule has 2 heterocycles. The topological polar surface area (TPSA) is 61.8 Å². The predicted octanol–water partition coefficient (Wildman–Crippen LogP) is 5.39. The zero-order chi connectivity index (χ0) is 22.5. The van der Waals surface area contributed by atoms with Crippen LogP contribution in [-0.2, 0) is 26.4 Å². The van der Waals surface area contributed by atoms with Crippen LogP contribution in [0, 0.1) is 0 Å². The number of fused-ring (bicyclic) bond motifs is 1. The minimum absolute atomic E-state index is 0.312. The number of nitrogens with zero attached hydrogens (tertiary/aromatic N) is 4. The second kappa shape index (κ2) is 10.7. The maximum atomic E-state index is 12.9. The van der Waals surface area contributed by atoms with Gasteiger partial charge in [-0.1, -0.05) is 80.1 Å². The molecule has 0 amide bonds. The Balaban J connectivity index is 1.92. The van der Waals surface area contributed by atoms with Gasteiger partial charge in [-0.2, -0.15) is 0 Å². The van der Waals surface area contributed by atoms with Crippen molar-refractivity contribution in [3.8, 4) is 0 Å². The number of hydrogen-bond donors (Lipinski definition) is 0. The fourth-order valence-corrected chi connectivity index (χ4v) is 5.16. The Morgan fingerprint density at radius 2 is 1.71 bits per heavy atom. The van der Waals surface area contributed by atoms with Crippen molar-refractivity contribution in [2.75, 3.05) is 0 Å². The number of halogens is 2. The second-order valence-electron chi connectivity index (χ2n) is 7.72. The lowest BCUT2D eigenvalue weighted by atomic mass is 10.1. The number of imidazole rings is 1. The molecule has 0 saturated carbocycles. The predicted molar refractivity (Wildman–Crippen MR) is 130 cm³/mol. The van der Waals surface area contributed by atoms with Crippen molar-refractivity contribution in [2.45, 2.75) is 62.9 Å². The Morgan fingerprint density at radius 3 is 2.42 bits per heavy atom. The van der Waals surface area contributed by atoms with Gasteiger partial charge in [0.2, 0.25) is 0 Å². The van der Waals surface area contributed by atoms with E-state index in [0.717, 1.165) is 23.0 Å². The third-order valence-electron chi connectivity index (χ3n) is 5.42. The molecule has 0 aliphatic carbocycles. The van der Waals surface area contributed by atoms with Crippen LogP contribution in [0.5, 0.6) is 0 Å². The van der Waals surface area contributed by atoms with E-state index in [2.05, 4.69) is 11.9 Å². The largest absolute Gasteiger partial charge is 0.332 e. The number of thioether (sulfide) groups is 1. The van der Waals surface area contributed by atoms with Gasteiger partial charge < -0.3 is 4.57 Å². The number of rotatable bonds is 10. The number of aromatic nitrogens is 4. The Kier molecular flexibility index (Phi) is 8.30. The summed E-state index contributed by atoms with van der Waals surface area (Å²) >= 11 is 13.8. The molecule has 0 fully saturated rings. The van der Waals surface area contributed by atoms with Crippen molar-refractivity contribution in [3.63, 3.8) is 0 Å². The smallest absolute Gasteiger partial charge is 0.313 e. The minimum atomic E-state index is -0.376. The van der Waals surface area contributed by atoms with Crippen LogP contribution in [0.15, 0.2) is 32.9 Å². The van der Waals surface area contributed by atoms with Crippen LogP contribution in [0.2, 0.25) is 10.0 Å². The molecule has 0 saturated heterocycles. The van der Waals surface area contributed by atoms with Crippen LogP contribution < -0.4 is 11.2 Å². The highest BCUT2D eigenvalue weighted by molar-refractivity contribution is 7.98. The van der Waals surface area contributed by atoms with Gasteiger partial charge in [-0.3, -0.25) is 13.9 Å². The van der Waals surface area contributed by atoms with Crippen LogP contribution in [0.25, 0.3) is 11.2 Å². The van der Waals surface area contributed by atoms with Crippen LogP contribution in [-0.4, -0.2) is 18.7 Å². The zero-order valence-electron chi connectivity index (χ0n) is 18.2. The van der Waals surface area contributed by atoms with Crippen LogP contribution in [0.1, 0.15) is 51.0 Å². The molecule has 0 unspecified atom stereocenters. The summed E-state index contributed by atoms with van der Waals surface area (Å²) in [6.07, 6.45) is 6.92. The number of aryl methyl sites for hydroxylation is 2. The molecule has 0 radical (unpaired) electrons. The van der Waals surface area contributed by atoms with Crippen molar-refractivity contribution < 1.29 is 0 Å². The van der Waals surface area contributed by atoms with Crippen LogP contribution >= 0.6 is 35.0 Å². The molecular formula is C22H28Cl2N4O2S. The van der Waals surface area contributed by atoms with Gasteiger partial charge in [0, 0.05) is 36.4 Å². The fraction of sp³-hybridized carbons (Fsp3) is 0.500. The molecule has 31 heavy (non-hydrogen) atoms. The molecule has 0 atom stereocenters. The van der Waals surface area contributed by atoms with Crippen molar-refractivity contribution in [1.29, 1.82) is 0 Å². The average Bonchev–Trinajstić information content (AvgIpc) is 3.11. The molecule has 0 aliphatic heterocycles. The molecule has 1 aromatic carbocycles. The van der Waals surface area contributed by atoms with E-state index in [1.807, 2.05) is 16.7 Å². The molecule has 3 aromatic rings. The summed E-state index contributed by atoms with van der Waals surface area (Å²) < 4.78 is 4.55. The van der Waals surface area contributed by atoms with Gasteiger partial charge in [-0.25, -0.2) is 9.78 Å². The highest BCUT2D eigenvalue weighted by Gasteiger charge is 2.19. The molecular weight excluding hydrogens is 455 g/mol. The Hall–Kier alpha value is -1.70. The summed E-state index contributed by atoms with van der Waals surface area (Å²) in [7, 11) is 3.16. The normalized spacial score (nSPS) is 11.5. The molecule has 0 spiro atoms. The van der Waals surface area contributed by atoms with E-state index in [9.17, 15) is 9.59 Å². The number of benzene rings is 1. The molecule has 0 aliphatic rings. The van der Waals surface area contributed by atoms with Gasteiger partial charge in [-0.05, 0) is 24.1 Å². The Morgan fingerprint density at radius 1 is 1.00 bits per heavy atom. The van der Waals surface area contributed by atoms with Crippen molar-refractivity contribution in [2.24, 2.45) is 14.1 Å². The van der Waals surface area contributed by atoms with E-state index >= 15 is 0 Å². The molecule has 3 rings (SSSR count). The van der Waals surface area contributed by atoms with Gasteiger partial charge in [-0.15, -0.1) is 0 Å². The number of unbranched alkanes of at least 4 members (excludes halogenated alkanes) is 5. The van der Waals surface area contributed by atoms with Crippen molar-refractivity contribution in [3.05, 3.63) is 54.6 Å². The maximum Gasteiger partial charge on any atom is 0.332 e. The lowest BCUT2D eigenvalue weighted by Crippen LogP contribution is -2.37. The lowest BCUT2D eigenvalue weighted by Gasteiger charge is -2.10. The quantitative estimate of drug-likeness (QED) is 0.287. The summed E-state index contributed by atoms with van der Waals surface area (Å²) in [5, 5.41) is 1.90. The summed E-state index contributed by atoms with van der Waals surface area (Å²) in [5.74, 6) is 0.587. The Labute approximate surface area is 196 Å². The Bertz CT molecular complexity index is 1180. The van der Waals surface area contributed by atoms with Gasteiger partial charge in [0.1, 0.15) is 0 Å². The van der Waals surface area contributed by atoms with Gasteiger partial charge in [0.25, 0.3) is 5.56 Å². The summed E-state index contributed by atoms with van der Waals surface area (Å²) in [6.45, 7) is 2.89. The lowest BCUT2D eigenvalue weighted by molar-refractivity contribution is 0.543. The summed E-state index contributed by atoms with van der Waals surface area (Å²) in [4.78, 5) is 30.0. The molecule has 0 bridgehead atoms. The summed E-state index contributed by atoms with van der Waals surface area (Å²) in [5.41, 5.74) is 1.15. The average molecular weight is 483 g/mol. The molecule has 9 heteroatoms. The minimum Gasteiger partial charge on any atom is -0.313 e. The maximum absolute atomic E-state index is 12.9. The molecule has 168 valence electrons. The standard InChI is InChI=1S/C22H28Cl2N4O2S/c1-4-5-6-7-8-9-12-28-18-19(26(2)22(30)27(3)20(18)29)25-21(28)31-14-15-10-11-16(23)13-17(15)24/h10-11,13H,4-9,12,14H2,1-3H3. The first kappa shape index (κ1) is 24.0. The monoisotopic (exact) mass is 482 g/mol. The highest BCUT2D eigenvalue weighted by atomic mass is 35.5. The summed E-state index contributed by atoms with van der Waals surface area (Å²) in [6, 6.07) is 5.42. The van der Waals surface area contributed by atoms with Crippen molar-refractivity contribution >= 4 is 46.1 Å². The van der Waals surface area contributed by atoms with Gasteiger partial charge in [0.15, 0.2) is 16.3 Å². The van der Waals surface area contributed by atoms with E-state index in [1.165, 1.54) is 49.1 Å². The molecule has 2 aromatic heterocycles. The third kappa shape index (κ3) is 5.38. The zero-order valence-corrected chi connectivity index (χ0v) is 20.5. The fourth-order valence-electron chi connectivity index (χ4n) is 3.58. The van der Waals surface area contributed by atoms with Crippen molar-refractivity contribution in [1.82, 2.24) is 18.7 Å². The highest BCUT2D eigenvalue weighted by Crippen LogP contribution is 2.30. The SMILES string of the molecule is CCCCCCCCn1c(SCc2ccc(Cl)cc2Cl)nc2c1c(=O)n(C)c(=O)n2C. The van der Waals surface area contributed by atoms with Crippen LogP contribution in [0.3, 0.4) is 0 Å². The first-order valence-corrected chi connectivity index (χ1v) is 12.3.